The topological polar surface area (TPSA) is 55.0 Å². The summed E-state index contributed by atoms with van der Waals surface area (Å²) in [7, 11) is 0. The first-order valence-electron chi connectivity index (χ1n) is 6.18. The van der Waals surface area contributed by atoms with Crippen molar-refractivity contribution >= 4 is 17.3 Å². The molecule has 1 atom stereocenters. The normalized spacial score (nSPS) is 18.5. The molecule has 2 heterocycles. The van der Waals surface area contributed by atoms with E-state index in [1.165, 1.54) is 11.3 Å². The van der Waals surface area contributed by atoms with Crippen LogP contribution in [0.5, 0.6) is 0 Å². The Labute approximate surface area is 106 Å². The number of nitrogen functional groups attached to an aromatic ring is 1. The van der Waals surface area contributed by atoms with E-state index in [0.29, 0.717) is 11.7 Å². The first kappa shape index (κ1) is 11.0. The molecule has 18 heavy (non-hydrogen) atoms. The Morgan fingerprint density at radius 2 is 2.00 bits per heavy atom. The van der Waals surface area contributed by atoms with Crippen LogP contribution in [0.1, 0.15) is 12.5 Å². The minimum atomic E-state index is 0.456. The van der Waals surface area contributed by atoms with Gasteiger partial charge in [0.15, 0.2) is 5.82 Å². The molecule has 0 fully saturated rings. The Bertz CT molecular complexity index is 550. The zero-order valence-electron chi connectivity index (χ0n) is 10.4. The van der Waals surface area contributed by atoms with Crippen LogP contribution in [0.4, 0.5) is 17.3 Å². The summed E-state index contributed by atoms with van der Waals surface area (Å²) in [6.07, 6.45) is 1.12. The number of hydrogen-bond acceptors (Lipinski definition) is 4. The van der Waals surface area contributed by atoms with Crippen molar-refractivity contribution in [3.8, 4) is 0 Å². The van der Waals surface area contributed by atoms with Gasteiger partial charge in [-0.15, -0.1) is 10.2 Å². The van der Waals surface area contributed by atoms with E-state index in [9.17, 15) is 0 Å². The first-order chi connectivity index (χ1) is 8.74. The Hall–Kier alpha value is -2.10. The summed E-state index contributed by atoms with van der Waals surface area (Å²) < 4.78 is 0. The van der Waals surface area contributed by atoms with E-state index in [2.05, 4.69) is 46.3 Å². The first-order valence-corrected chi connectivity index (χ1v) is 6.18. The summed E-state index contributed by atoms with van der Waals surface area (Å²) in [6.45, 7) is 3.23. The number of hydrogen-bond donors (Lipinski definition) is 1. The van der Waals surface area contributed by atoms with Crippen LogP contribution in [0.25, 0.3) is 0 Å². The average molecular weight is 240 g/mol. The van der Waals surface area contributed by atoms with Crippen LogP contribution in [0.2, 0.25) is 0 Å². The summed E-state index contributed by atoms with van der Waals surface area (Å²) in [5, 5.41) is 8.12. The molecule has 4 nitrogen and oxygen atoms in total. The molecule has 1 aromatic heterocycles. The standard InChI is InChI=1S/C14H16N4/c1-10-8-11-4-2-3-5-12(11)18(9-10)14-7-6-13(15)16-17-14/h2-7,10H,8-9H2,1H3,(H2,15,16). The Balaban J connectivity index is 2.04. The molecule has 1 aromatic carbocycles. The third kappa shape index (κ3) is 1.90. The lowest BCUT2D eigenvalue weighted by Gasteiger charge is -2.33. The highest BCUT2D eigenvalue weighted by Gasteiger charge is 2.23. The van der Waals surface area contributed by atoms with Crippen molar-refractivity contribution in [3.63, 3.8) is 0 Å². The van der Waals surface area contributed by atoms with E-state index in [0.717, 1.165) is 18.8 Å². The van der Waals surface area contributed by atoms with Crippen LogP contribution in [0.3, 0.4) is 0 Å². The van der Waals surface area contributed by atoms with Crippen molar-refractivity contribution in [1.82, 2.24) is 10.2 Å². The number of fused-ring (bicyclic) bond motifs is 1. The second kappa shape index (κ2) is 4.29. The number of nitrogens with two attached hydrogens (primary N) is 1. The largest absolute Gasteiger partial charge is 0.382 e. The summed E-state index contributed by atoms with van der Waals surface area (Å²) in [6, 6.07) is 12.2. The molecule has 0 spiro atoms. The smallest absolute Gasteiger partial charge is 0.155 e. The van der Waals surface area contributed by atoms with Crippen molar-refractivity contribution in [2.75, 3.05) is 17.2 Å². The van der Waals surface area contributed by atoms with Crippen LogP contribution < -0.4 is 10.6 Å². The summed E-state index contributed by atoms with van der Waals surface area (Å²) >= 11 is 0. The van der Waals surface area contributed by atoms with Gasteiger partial charge in [0.1, 0.15) is 5.82 Å². The van der Waals surface area contributed by atoms with E-state index in [-0.39, 0.29) is 0 Å². The van der Waals surface area contributed by atoms with E-state index in [1.807, 2.05) is 6.07 Å². The Morgan fingerprint density at radius 1 is 1.17 bits per heavy atom. The molecule has 1 aliphatic rings. The number of para-hydroxylation sites is 1. The van der Waals surface area contributed by atoms with Gasteiger partial charge in [-0.05, 0) is 36.1 Å². The predicted molar refractivity (Wildman–Crippen MR) is 72.8 cm³/mol. The van der Waals surface area contributed by atoms with Crippen LogP contribution in [-0.2, 0) is 6.42 Å². The van der Waals surface area contributed by atoms with Crippen molar-refractivity contribution in [2.24, 2.45) is 5.92 Å². The fraction of sp³-hybridized carbons (Fsp3) is 0.286. The van der Waals surface area contributed by atoms with Crippen molar-refractivity contribution in [1.29, 1.82) is 0 Å². The SMILES string of the molecule is CC1Cc2ccccc2N(c2ccc(N)nn2)C1. The molecule has 0 radical (unpaired) electrons. The second-order valence-electron chi connectivity index (χ2n) is 4.87. The van der Waals surface area contributed by atoms with Crippen LogP contribution in [-0.4, -0.2) is 16.7 Å². The fourth-order valence-electron chi connectivity index (χ4n) is 2.49. The maximum absolute atomic E-state index is 5.59. The summed E-state index contributed by atoms with van der Waals surface area (Å²) in [5.74, 6) is 1.93. The molecular weight excluding hydrogens is 224 g/mol. The highest BCUT2D eigenvalue weighted by atomic mass is 15.3. The Kier molecular flexibility index (Phi) is 2.63. The molecule has 0 aliphatic carbocycles. The van der Waals surface area contributed by atoms with Crippen molar-refractivity contribution in [2.45, 2.75) is 13.3 Å². The van der Waals surface area contributed by atoms with Gasteiger partial charge < -0.3 is 10.6 Å². The van der Waals surface area contributed by atoms with Crippen LogP contribution >= 0.6 is 0 Å². The zero-order valence-corrected chi connectivity index (χ0v) is 10.4. The minimum Gasteiger partial charge on any atom is -0.382 e. The number of rotatable bonds is 1. The maximum Gasteiger partial charge on any atom is 0.155 e. The molecule has 92 valence electrons. The summed E-state index contributed by atoms with van der Waals surface area (Å²) in [5.41, 5.74) is 8.19. The number of aromatic nitrogens is 2. The lowest BCUT2D eigenvalue weighted by Crippen LogP contribution is -2.31. The third-order valence-corrected chi connectivity index (χ3v) is 3.29. The third-order valence-electron chi connectivity index (χ3n) is 3.29. The molecule has 0 amide bonds. The van der Waals surface area contributed by atoms with Crippen molar-refractivity contribution < 1.29 is 0 Å². The van der Waals surface area contributed by atoms with Crippen LogP contribution in [0, 0.1) is 5.92 Å². The van der Waals surface area contributed by atoms with E-state index in [4.69, 9.17) is 5.73 Å². The zero-order chi connectivity index (χ0) is 12.5. The van der Waals surface area contributed by atoms with Gasteiger partial charge in [0.25, 0.3) is 0 Å². The molecule has 1 aliphatic heterocycles. The molecule has 1 unspecified atom stereocenters. The molecule has 4 heteroatoms. The van der Waals surface area contributed by atoms with Gasteiger partial charge in [0.2, 0.25) is 0 Å². The number of anilines is 3. The maximum atomic E-state index is 5.59. The highest BCUT2D eigenvalue weighted by Crippen LogP contribution is 2.33. The van der Waals surface area contributed by atoms with E-state index < -0.39 is 0 Å². The highest BCUT2D eigenvalue weighted by molar-refractivity contribution is 5.65. The van der Waals surface area contributed by atoms with Gasteiger partial charge in [-0.1, -0.05) is 25.1 Å². The molecule has 0 saturated heterocycles. The fourth-order valence-corrected chi connectivity index (χ4v) is 2.49. The van der Waals surface area contributed by atoms with Gasteiger partial charge >= 0.3 is 0 Å². The number of benzene rings is 1. The monoisotopic (exact) mass is 240 g/mol. The van der Waals surface area contributed by atoms with E-state index >= 15 is 0 Å². The second-order valence-corrected chi connectivity index (χ2v) is 4.87. The van der Waals surface area contributed by atoms with Gasteiger partial charge in [-0.3, -0.25) is 0 Å². The van der Waals surface area contributed by atoms with Gasteiger partial charge in [-0.25, -0.2) is 0 Å². The van der Waals surface area contributed by atoms with Crippen LogP contribution in [0.15, 0.2) is 36.4 Å². The van der Waals surface area contributed by atoms with Crippen molar-refractivity contribution in [3.05, 3.63) is 42.0 Å². The molecular formula is C14H16N4. The van der Waals surface area contributed by atoms with Gasteiger partial charge in [-0.2, -0.15) is 0 Å². The summed E-state index contributed by atoms with van der Waals surface area (Å²) in [4.78, 5) is 2.22. The predicted octanol–water partition coefficient (Wildman–Crippen LogP) is 2.39. The molecule has 2 aromatic rings. The minimum absolute atomic E-state index is 0.456. The molecule has 3 rings (SSSR count). The quantitative estimate of drug-likeness (QED) is 0.831. The molecule has 2 N–H and O–H groups in total. The van der Waals surface area contributed by atoms with Gasteiger partial charge in [0, 0.05) is 12.2 Å². The lowest BCUT2D eigenvalue weighted by molar-refractivity contribution is 0.559. The molecule has 0 saturated carbocycles. The molecule has 0 bridgehead atoms. The lowest BCUT2D eigenvalue weighted by atomic mass is 9.94. The Morgan fingerprint density at radius 3 is 2.78 bits per heavy atom. The van der Waals surface area contributed by atoms with Gasteiger partial charge in [0.05, 0.1) is 0 Å². The number of nitrogens with zero attached hydrogens (tertiary/aromatic N) is 3. The average Bonchev–Trinajstić information content (AvgIpc) is 2.38. The van der Waals surface area contributed by atoms with E-state index in [1.54, 1.807) is 6.07 Å².